The van der Waals surface area contributed by atoms with Crippen LogP contribution in [0.2, 0.25) is 0 Å². The van der Waals surface area contributed by atoms with Crippen molar-refractivity contribution in [3.63, 3.8) is 0 Å². The molecule has 4 rings (SSSR count). The van der Waals surface area contributed by atoms with E-state index in [1.807, 2.05) is 24.4 Å². The minimum absolute atomic E-state index is 0.314. The number of rotatable bonds is 5. The molecule has 1 aromatic heterocycles. The summed E-state index contributed by atoms with van der Waals surface area (Å²) in [6.45, 7) is 4.09. The molecule has 1 N–H and O–H groups in total. The first-order valence-corrected chi connectivity index (χ1v) is 8.69. The first kappa shape index (κ1) is 15.3. The van der Waals surface area contributed by atoms with Gasteiger partial charge in [-0.15, -0.1) is 0 Å². The van der Waals surface area contributed by atoms with Crippen LogP contribution in [0.4, 0.5) is 5.82 Å². The molecular formula is C19H23N3O2. The second kappa shape index (κ2) is 7.09. The lowest BCUT2D eigenvalue weighted by Gasteiger charge is -2.29. The van der Waals surface area contributed by atoms with E-state index in [0.29, 0.717) is 6.79 Å². The normalized spacial score (nSPS) is 16.4. The molecule has 2 aliphatic heterocycles. The zero-order chi connectivity index (χ0) is 16.2. The fourth-order valence-corrected chi connectivity index (χ4v) is 3.42. The number of piperidine rings is 1. The molecule has 3 heterocycles. The third-order valence-corrected chi connectivity index (χ3v) is 4.63. The van der Waals surface area contributed by atoms with Crippen molar-refractivity contribution in [3.05, 3.63) is 47.7 Å². The molecule has 2 aromatic rings. The zero-order valence-electron chi connectivity index (χ0n) is 13.8. The Morgan fingerprint density at radius 3 is 2.71 bits per heavy atom. The summed E-state index contributed by atoms with van der Waals surface area (Å²) >= 11 is 0. The van der Waals surface area contributed by atoms with Crippen LogP contribution in [0.5, 0.6) is 11.5 Å². The Balaban J connectivity index is 1.42. The lowest BCUT2D eigenvalue weighted by atomic mass is 10.1. The topological polar surface area (TPSA) is 46.6 Å². The van der Waals surface area contributed by atoms with Gasteiger partial charge >= 0.3 is 0 Å². The molecule has 1 saturated heterocycles. The second-order valence-electron chi connectivity index (χ2n) is 6.29. The minimum Gasteiger partial charge on any atom is -0.454 e. The predicted molar refractivity (Wildman–Crippen MR) is 93.4 cm³/mol. The van der Waals surface area contributed by atoms with Crippen molar-refractivity contribution in [2.45, 2.75) is 32.4 Å². The van der Waals surface area contributed by atoms with Gasteiger partial charge in [0.05, 0.1) is 0 Å². The molecule has 0 saturated carbocycles. The van der Waals surface area contributed by atoms with Gasteiger partial charge in [-0.05, 0) is 31.4 Å². The Hall–Kier alpha value is -2.27. The molecule has 0 spiro atoms. The van der Waals surface area contributed by atoms with Gasteiger partial charge in [0.2, 0.25) is 6.79 Å². The molecule has 2 aliphatic rings. The highest BCUT2D eigenvalue weighted by atomic mass is 16.7. The van der Waals surface area contributed by atoms with Gasteiger partial charge in [-0.1, -0.05) is 18.2 Å². The first-order chi connectivity index (χ1) is 11.9. The maximum absolute atomic E-state index is 5.57. The summed E-state index contributed by atoms with van der Waals surface area (Å²) in [5, 5.41) is 3.52. The minimum atomic E-state index is 0.314. The fourth-order valence-electron chi connectivity index (χ4n) is 3.42. The number of ether oxygens (including phenoxy) is 2. The van der Waals surface area contributed by atoms with Crippen molar-refractivity contribution in [2.75, 3.05) is 24.8 Å². The third kappa shape index (κ3) is 3.17. The first-order valence-electron chi connectivity index (χ1n) is 8.69. The van der Waals surface area contributed by atoms with E-state index in [4.69, 9.17) is 9.47 Å². The van der Waals surface area contributed by atoms with Crippen LogP contribution in [0.1, 0.15) is 30.4 Å². The van der Waals surface area contributed by atoms with E-state index in [1.54, 1.807) is 0 Å². The van der Waals surface area contributed by atoms with E-state index < -0.39 is 0 Å². The summed E-state index contributed by atoms with van der Waals surface area (Å²) in [4.78, 5) is 7.04. The van der Waals surface area contributed by atoms with Crippen molar-refractivity contribution in [3.8, 4) is 11.5 Å². The Bertz CT molecular complexity index is 699. The molecular weight excluding hydrogens is 302 g/mol. The van der Waals surface area contributed by atoms with E-state index in [2.05, 4.69) is 27.3 Å². The third-order valence-electron chi connectivity index (χ3n) is 4.63. The molecule has 1 aromatic carbocycles. The predicted octanol–water partition coefficient (Wildman–Crippen LogP) is 3.09. The van der Waals surface area contributed by atoms with Gasteiger partial charge in [0, 0.05) is 43.5 Å². The SMILES string of the molecule is c1cnc(N2CCCCC2)c(CNCc2cccc3c2OCO3)c1. The maximum atomic E-state index is 5.57. The lowest BCUT2D eigenvalue weighted by Crippen LogP contribution is -2.31. The molecule has 0 bridgehead atoms. The van der Waals surface area contributed by atoms with E-state index in [-0.39, 0.29) is 0 Å². The van der Waals surface area contributed by atoms with Crippen LogP contribution in [0.15, 0.2) is 36.5 Å². The monoisotopic (exact) mass is 325 g/mol. The highest BCUT2D eigenvalue weighted by molar-refractivity contribution is 5.49. The van der Waals surface area contributed by atoms with Gasteiger partial charge < -0.3 is 19.7 Å². The number of fused-ring (bicyclic) bond motifs is 1. The van der Waals surface area contributed by atoms with E-state index >= 15 is 0 Å². The van der Waals surface area contributed by atoms with Crippen LogP contribution in [0, 0.1) is 0 Å². The van der Waals surface area contributed by atoms with Crippen LogP contribution >= 0.6 is 0 Å². The average Bonchev–Trinajstić information content (AvgIpc) is 3.12. The number of hydrogen-bond donors (Lipinski definition) is 1. The molecule has 5 heteroatoms. The van der Waals surface area contributed by atoms with Crippen LogP contribution < -0.4 is 19.7 Å². The highest BCUT2D eigenvalue weighted by Gasteiger charge is 2.18. The van der Waals surface area contributed by atoms with E-state index in [0.717, 1.165) is 49.1 Å². The molecule has 5 nitrogen and oxygen atoms in total. The van der Waals surface area contributed by atoms with E-state index in [9.17, 15) is 0 Å². The molecule has 0 radical (unpaired) electrons. The number of nitrogens with one attached hydrogen (secondary N) is 1. The Labute approximate surface area is 142 Å². The Kier molecular flexibility index (Phi) is 4.51. The standard InChI is InChI=1S/C19H23N3O2/c1-2-10-22(11-3-1)19-16(7-5-9-21-19)13-20-12-15-6-4-8-17-18(15)24-14-23-17/h4-9,20H,1-3,10-14H2. The summed E-state index contributed by atoms with van der Waals surface area (Å²) in [5.74, 6) is 2.83. The average molecular weight is 325 g/mol. The second-order valence-corrected chi connectivity index (χ2v) is 6.29. The van der Waals surface area contributed by atoms with Crippen molar-refractivity contribution in [2.24, 2.45) is 0 Å². The number of nitrogens with zero attached hydrogens (tertiary/aromatic N) is 2. The van der Waals surface area contributed by atoms with Crippen molar-refractivity contribution in [1.29, 1.82) is 0 Å². The molecule has 0 aliphatic carbocycles. The summed E-state index contributed by atoms with van der Waals surface area (Å²) in [6.07, 6.45) is 5.74. The van der Waals surface area contributed by atoms with Gasteiger partial charge in [-0.3, -0.25) is 0 Å². The van der Waals surface area contributed by atoms with Gasteiger partial charge in [-0.25, -0.2) is 4.98 Å². The summed E-state index contributed by atoms with van der Waals surface area (Å²) < 4.78 is 11.0. The fraction of sp³-hybridized carbons (Fsp3) is 0.421. The number of anilines is 1. The summed E-state index contributed by atoms with van der Waals surface area (Å²) in [5.41, 5.74) is 2.39. The van der Waals surface area contributed by atoms with Crippen LogP contribution in [0.3, 0.4) is 0 Å². The van der Waals surface area contributed by atoms with Crippen molar-refractivity contribution < 1.29 is 9.47 Å². The number of benzene rings is 1. The van der Waals surface area contributed by atoms with Gasteiger partial charge in [0.15, 0.2) is 11.5 Å². The van der Waals surface area contributed by atoms with Crippen LogP contribution in [-0.2, 0) is 13.1 Å². The number of aromatic nitrogens is 1. The van der Waals surface area contributed by atoms with Gasteiger partial charge in [-0.2, -0.15) is 0 Å². The van der Waals surface area contributed by atoms with Crippen molar-refractivity contribution >= 4 is 5.82 Å². The van der Waals surface area contributed by atoms with Crippen molar-refractivity contribution in [1.82, 2.24) is 10.3 Å². The Morgan fingerprint density at radius 2 is 1.79 bits per heavy atom. The van der Waals surface area contributed by atoms with Gasteiger partial charge in [0.25, 0.3) is 0 Å². The summed E-state index contributed by atoms with van der Waals surface area (Å²) in [7, 11) is 0. The molecule has 0 unspecified atom stereocenters. The van der Waals surface area contributed by atoms with Crippen LogP contribution in [-0.4, -0.2) is 24.9 Å². The maximum Gasteiger partial charge on any atom is 0.231 e. The molecule has 0 amide bonds. The zero-order valence-corrected chi connectivity index (χ0v) is 13.8. The van der Waals surface area contributed by atoms with E-state index in [1.165, 1.54) is 24.8 Å². The lowest BCUT2D eigenvalue weighted by molar-refractivity contribution is 0.173. The van der Waals surface area contributed by atoms with Crippen LogP contribution in [0.25, 0.3) is 0 Å². The molecule has 126 valence electrons. The number of pyridine rings is 1. The Morgan fingerprint density at radius 1 is 0.958 bits per heavy atom. The quantitative estimate of drug-likeness (QED) is 0.915. The largest absolute Gasteiger partial charge is 0.454 e. The summed E-state index contributed by atoms with van der Waals surface area (Å²) in [6, 6.07) is 10.2. The van der Waals surface area contributed by atoms with Gasteiger partial charge in [0.1, 0.15) is 5.82 Å². The smallest absolute Gasteiger partial charge is 0.231 e. The number of para-hydroxylation sites is 1. The molecule has 0 atom stereocenters. The number of hydrogen-bond acceptors (Lipinski definition) is 5. The molecule has 1 fully saturated rings. The molecule has 24 heavy (non-hydrogen) atoms. The highest BCUT2D eigenvalue weighted by Crippen LogP contribution is 2.35.